The molecule has 0 unspecified atom stereocenters. The normalized spacial score (nSPS) is 17.9. The van der Waals surface area contributed by atoms with Crippen molar-refractivity contribution in [3.05, 3.63) is 35.4 Å². The highest BCUT2D eigenvalue weighted by molar-refractivity contribution is 5.87. The zero-order chi connectivity index (χ0) is 13.2. The third-order valence-electron chi connectivity index (χ3n) is 3.83. The average molecular weight is 253 g/mol. The van der Waals surface area contributed by atoms with E-state index < -0.39 is 17.0 Å². The highest BCUT2D eigenvalue weighted by atomic mass is 19.1. The number of rotatable bonds is 4. The third-order valence-corrected chi connectivity index (χ3v) is 3.83. The van der Waals surface area contributed by atoms with Gasteiger partial charge in [-0.1, -0.05) is 12.8 Å². The molecule has 2 rings (SSSR count). The summed E-state index contributed by atoms with van der Waals surface area (Å²) in [4.78, 5) is 12.3. The molecule has 1 aromatic rings. The van der Waals surface area contributed by atoms with Crippen molar-refractivity contribution in [2.75, 3.05) is 6.54 Å². The summed E-state index contributed by atoms with van der Waals surface area (Å²) in [6.45, 7) is 0.323. The lowest BCUT2D eigenvalue weighted by atomic mass is 9.79. The highest BCUT2D eigenvalue weighted by Crippen LogP contribution is 2.38. The zero-order valence-electron chi connectivity index (χ0n) is 10.2. The molecule has 98 valence electrons. The second-order valence-electron chi connectivity index (χ2n) is 5.07. The van der Waals surface area contributed by atoms with Gasteiger partial charge in [0.1, 0.15) is 17.4 Å². The van der Waals surface area contributed by atoms with Gasteiger partial charge in [0.15, 0.2) is 0 Å². The lowest BCUT2D eigenvalue weighted by molar-refractivity contribution is -0.127. The topological polar surface area (TPSA) is 43.1 Å². The number of hydrogen-bond acceptors (Lipinski definition) is 2. The summed E-state index contributed by atoms with van der Waals surface area (Å²) in [7, 11) is 0. The van der Waals surface area contributed by atoms with Gasteiger partial charge in [-0.2, -0.15) is 0 Å². The molecule has 1 aliphatic rings. The molecule has 0 amide bonds. The zero-order valence-corrected chi connectivity index (χ0v) is 10.2. The van der Waals surface area contributed by atoms with Gasteiger partial charge in [0.2, 0.25) is 0 Å². The molecule has 0 aliphatic heterocycles. The van der Waals surface area contributed by atoms with Gasteiger partial charge in [-0.3, -0.25) is 4.79 Å². The van der Waals surface area contributed by atoms with Crippen molar-refractivity contribution >= 4 is 5.78 Å². The molecule has 1 aliphatic carbocycles. The smallest absolute Gasteiger partial charge is 0.144 e. The second-order valence-corrected chi connectivity index (χ2v) is 5.07. The molecule has 1 fully saturated rings. The van der Waals surface area contributed by atoms with Crippen LogP contribution in [0.15, 0.2) is 18.2 Å². The molecule has 18 heavy (non-hydrogen) atoms. The lowest BCUT2D eigenvalue weighted by Crippen LogP contribution is -2.37. The molecule has 0 heterocycles. The lowest BCUT2D eigenvalue weighted by Gasteiger charge is -2.25. The molecular formula is C14H17F2NO. The minimum absolute atomic E-state index is 0.00694. The van der Waals surface area contributed by atoms with E-state index in [1.165, 1.54) is 12.1 Å². The monoisotopic (exact) mass is 253 g/mol. The summed E-state index contributed by atoms with van der Waals surface area (Å²) in [6, 6.07) is 3.22. The molecule has 0 aromatic heterocycles. The van der Waals surface area contributed by atoms with Gasteiger partial charge in [-0.25, -0.2) is 8.78 Å². The Morgan fingerprint density at radius 1 is 1.17 bits per heavy atom. The van der Waals surface area contributed by atoms with Gasteiger partial charge in [0, 0.05) is 24.4 Å². The van der Waals surface area contributed by atoms with E-state index in [0.29, 0.717) is 12.1 Å². The van der Waals surface area contributed by atoms with Crippen molar-refractivity contribution in [2.45, 2.75) is 32.1 Å². The number of halogens is 2. The van der Waals surface area contributed by atoms with Crippen molar-refractivity contribution in [1.29, 1.82) is 0 Å². The van der Waals surface area contributed by atoms with Crippen LogP contribution in [0, 0.1) is 17.0 Å². The van der Waals surface area contributed by atoms with Gasteiger partial charge in [-0.15, -0.1) is 0 Å². The predicted molar refractivity (Wildman–Crippen MR) is 65.0 cm³/mol. The Labute approximate surface area is 105 Å². The average Bonchev–Trinajstić information content (AvgIpc) is 2.77. The molecule has 1 saturated carbocycles. The Morgan fingerprint density at radius 2 is 1.72 bits per heavy atom. The molecule has 0 atom stereocenters. The quantitative estimate of drug-likeness (QED) is 0.896. The van der Waals surface area contributed by atoms with Crippen LogP contribution in [0.1, 0.15) is 31.2 Å². The van der Waals surface area contributed by atoms with Crippen molar-refractivity contribution in [1.82, 2.24) is 0 Å². The van der Waals surface area contributed by atoms with Crippen LogP contribution in [0.2, 0.25) is 0 Å². The third kappa shape index (κ3) is 2.58. The van der Waals surface area contributed by atoms with Crippen molar-refractivity contribution in [3.63, 3.8) is 0 Å². The Hall–Kier alpha value is -1.29. The second kappa shape index (κ2) is 5.14. The van der Waals surface area contributed by atoms with Crippen molar-refractivity contribution in [2.24, 2.45) is 11.1 Å². The Bertz CT molecular complexity index is 433. The fourth-order valence-electron chi connectivity index (χ4n) is 2.73. The highest BCUT2D eigenvalue weighted by Gasteiger charge is 2.39. The largest absolute Gasteiger partial charge is 0.329 e. The summed E-state index contributed by atoms with van der Waals surface area (Å²) in [5.74, 6) is -1.29. The molecule has 0 spiro atoms. The van der Waals surface area contributed by atoms with Crippen LogP contribution in [0.3, 0.4) is 0 Å². The van der Waals surface area contributed by atoms with Crippen LogP contribution in [-0.2, 0) is 11.2 Å². The summed E-state index contributed by atoms with van der Waals surface area (Å²) in [5, 5.41) is 0. The maximum absolute atomic E-state index is 13.1. The van der Waals surface area contributed by atoms with Gasteiger partial charge >= 0.3 is 0 Å². The SMILES string of the molecule is NCC1(C(=O)Cc2cc(F)cc(F)c2)CCCC1. The van der Waals surface area contributed by atoms with Gasteiger partial charge in [-0.05, 0) is 30.5 Å². The van der Waals surface area contributed by atoms with Crippen LogP contribution in [-0.4, -0.2) is 12.3 Å². The molecular weight excluding hydrogens is 236 g/mol. The number of ketones is 1. The van der Waals surface area contributed by atoms with E-state index in [1.807, 2.05) is 0 Å². The molecule has 1 aromatic carbocycles. The number of carbonyl (C=O) groups is 1. The first kappa shape index (κ1) is 13.1. The van der Waals surface area contributed by atoms with E-state index in [9.17, 15) is 13.6 Å². The van der Waals surface area contributed by atoms with Crippen LogP contribution >= 0.6 is 0 Å². The van der Waals surface area contributed by atoms with Crippen molar-refractivity contribution in [3.8, 4) is 0 Å². The van der Waals surface area contributed by atoms with E-state index in [2.05, 4.69) is 0 Å². The molecule has 0 bridgehead atoms. The fraction of sp³-hybridized carbons (Fsp3) is 0.500. The number of Topliss-reactive ketones (excluding diaryl/α,β-unsaturated/α-hetero) is 1. The van der Waals surface area contributed by atoms with Gasteiger partial charge in [0.25, 0.3) is 0 Å². The van der Waals surface area contributed by atoms with E-state index in [4.69, 9.17) is 5.73 Å². The summed E-state index contributed by atoms with van der Waals surface area (Å²) < 4.78 is 26.1. The van der Waals surface area contributed by atoms with Crippen LogP contribution < -0.4 is 5.73 Å². The first-order valence-corrected chi connectivity index (χ1v) is 6.24. The molecule has 4 heteroatoms. The summed E-state index contributed by atoms with van der Waals surface area (Å²) >= 11 is 0. The maximum atomic E-state index is 13.1. The number of carbonyl (C=O) groups excluding carboxylic acids is 1. The number of benzene rings is 1. The van der Waals surface area contributed by atoms with Crippen molar-refractivity contribution < 1.29 is 13.6 Å². The van der Waals surface area contributed by atoms with E-state index in [0.717, 1.165) is 31.7 Å². The maximum Gasteiger partial charge on any atom is 0.144 e. The van der Waals surface area contributed by atoms with E-state index in [1.54, 1.807) is 0 Å². The number of nitrogens with two attached hydrogens (primary N) is 1. The summed E-state index contributed by atoms with van der Waals surface area (Å²) in [6.07, 6.45) is 3.65. The van der Waals surface area contributed by atoms with Crippen LogP contribution in [0.5, 0.6) is 0 Å². The standard InChI is InChI=1S/C14H17F2NO/c15-11-5-10(6-12(16)8-11)7-13(18)14(9-17)3-1-2-4-14/h5-6,8H,1-4,7,9,17H2. The van der Waals surface area contributed by atoms with Crippen LogP contribution in [0.4, 0.5) is 8.78 Å². The minimum atomic E-state index is -0.647. The van der Waals surface area contributed by atoms with Gasteiger partial charge in [0.05, 0.1) is 0 Å². The molecule has 2 nitrogen and oxygen atoms in total. The predicted octanol–water partition coefficient (Wildman–Crippen LogP) is 2.60. The molecule has 0 saturated heterocycles. The van der Waals surface area contributed by atoms with Gasteiger partial charge < -0.3 is 5.73 Å². The Kier molecular flexibility index (Phi) is 3.76. The summed E-state index contributed by atoms with van der Waals surface area (Å²) in [5.41, 5.74) is 5.63. The minimum Gasteiger partial charge on any atom is -0.329 e. The van der Waals surface area contributed by atoms with E-state index >= 15 is 0 Å². The van der Waals surface area contributed by atoms with Crippen LogP contribution in [0.25, 0.3) is 0 Å². The van der Waals surface area contributed by atoms with E-state index in [-0.39, 0.29) is 12.2 Å². The number of hydrogen-bond donors (Lipinski definition) is 1. The molecule has 0 radical (unpaired) electrons. The fourth-order valence-corrected chi connectivity index (χ4v) is 2.73. The first-order valence-electron chi connectivity index (χ1n) is 6.24. The molecule has 2 N–H and O–H groups in total. The first-order chi connectivity index (χ1) is 8.55. The Balaban J connectivity index is 2.15. The Morgan fingerprint density at radius 3 is 2.22 bits per heavy atom.